The molecule has 0 saturated carbocycles. The second kappa shape index (κ2) is 7.13. The Labute approximate surface area is 183 Å². The van der Waals surface area contributed by atoms with Crippen molar-refractivity contribution in [3.8, 4) is 11.1 Å². The van der Waals surface area contributed by atoms with Crippen molar-refractivity contribution in [3.63, 3.8) is 0 Å². The zero-order valence-electron chi connectivity index (χ0n) is 17.2. The summed E-state index contributed by atoms with van der Waals surface area (Å²) in [5, 5.41) is 9.05. The number of benzene rings is 2. The minimum atomic E-state index is -1.57. The van der Waals surface area contributed by atoms with E-state index in [1.807, 2.05) is 62.4 Å². The third kappa shape index (κ3) is 3.16. The number of rotatable bonds is 3. The standard InChI is InChI=1S/C24H21FN4OS/c1-14-15(2)27-28-22-19(14)20(26)21(31-22)23(30)29-12-24(25,13-29)18-10-6-9-17(11-18)16-7-4-3-5-8-16/h3-11H,12-13,26H2,1-2H3. The molecule has 5 nitrogen and oxygen atoms in total. The fraction of sp³-hybridized carbons (Fsp3) is 0.208. The normalized spacial score (nSPS) is 15.1. The van der Waals surface area contributed by atoms with Gasteiger partial charge in [-0.25, -0.2) is 4.39 Å². The molecule has 31 heavy (non-hydrogen) atoms. The highest BCUT2D eigenvalue weighted by atomic mass is 32.1. The van der Waals surface area contributed by atoms with E-state index in [0.29, 0.717) is 21.0 Å². The summed E-state index contributed by atoms with van der Waals surface area (Å²) in [6.45, 7) is 3.78. The third-order valence-electron chi connectivity index (χ3n) is 5.99. The highest BCUT2D eigenvalue weighted by Crippen LogP contribution is 2.41. The average molecular weight is 433 g/mol. The molecule has 4 aromatic rings. The summed E-state index contributed by atoms with van der Waals surface area (Å²) in [7, 11) is 0. The van der Waals surface area contributed by atoms with Crippen LogP contribution >= 0.6 is 11.3 Å². The number of anilines is 1. The number of nitrogens with two attached hydrogens (primary N) is 1. The smallest absolute Gasteiger partial charge is 0.266 e. The van der Waals surface area contributed by atoms with Crippen molar-refractivity contribution in [1.82, 2.24) is 15.1 Å². The van der Waals surface area contributed by atoms with Crippen LogP contribution in [0.1, 0.15) is 26.5 Å². The molecule has 0 atom stereocenters. The highest BCUT2D eigenvalue weighted by molar-refractivity contribution is 7.21. The number of carbonyl (C=O) groups excluding carboxylic acids is 1. The maximum atomic E-state index is 15.6. The van der Waals surface area contributed by atoms with Crippen molar-refractivity contribution in [2.45, 2.75) is 19.5 Å². The number of alkyl halides is 1. The predicted octanol–water partition coefficient (Wildman–Crippen LogP) is 4.88. The van der Waals surface area contributed by atoms with Crippen LogP contribution < -0.4 is 5.73 Å². The first-order valence-electron chi connectivity index (χ1n) is 10.0. The molecule has 0 spiro atoms. The monoisotopic (exact) mass is 432 g/mol. The molecule has 0 unspecified atom stereocenters. The van der Waals surface area contributed by atoms with Gasteiger partial charge in [-0.15, -0.1) is 16.4 Å². The van der Waals surface area contributed by atoms with Crippen LogP contribution in [0.15, 0.2) is 54.6 Å². The van der Waals surface area contributed by atoms with Crippen LogP contribution in [0.3, 0.4) is 0 Å². The van der Waals surface area contributed by atoms with Crippen LogP contribution in [0.25, 0.3) is 21.3 Å². The average Bonchev–Trinajstić information content (AvgIpc) is 3.11. The predicted molar refractivity (Wildman–Crippen MR) is 122 cm³/mol. The van der Waals surface area contributed by atoms with Gasteiger partial charge >= 0.3 is 0 Å². The summed E-state index contributed by atoms with van der Waals surface area (Å²) < 4.78 is 15.6. The van der Waals surface area contributed by atoms with Gasteiger partial charge in [-0.05, 0) is 42.2 Å². The number of aryl methyl sites for hydroxylation is 2. The molecular formula is C24H21FN4OS. The maximum Gasteiger partial charge on any atom is 0.266 e. The Morgan fingerprint density at radius 1 is 1.06 bits per heavy atom. The van der Waals surface area contributed by atoms with Gasteiger partial charge in [0, 0.05) is 5.39 Å². The maximum absolute atomic E-state index is 15.6. The van der Waals surface area contributed by atoms with Crippen LogP contribution in [0.5, 0.6) is 0 Å². The van der Waals surface area contributed by atoms with E-state index in [9.17, 15) is 4.79 Å². The fourth-order valence-corrected chi connectivity index (χ4v) is 5.10. The van der Waals surface area contributed by atoms with Crippen LogP contribution in [-0.2, 0) is 5.67 Å². The molecule has 7 heteroatoms. The molecule has 0 radical (unpaired) electrons. The lowest BCUT2D eigenvalue weighted by Crippen LogP contribution is -2.58. The van der Waals surface area contributed by atoms with Crippen molar-refractivity contribution in [1.29, 1.82) is 0 Å². The van der Waals surface area contributed by atoms with Gasteiger partial charge in [-0.1, -0.05) is 48.5 Å². The molecule has 1 fully saturated rings. The third-order valence-corrected chi connectivity index (χ3v) is 7.06. The van der Waals surface area contributed by atoms with Crippen molar-refractivity contribution in [2.24, 2.45) is 0 Å². The number of hydrogen-bond acceptors (Lipinski definition) is 5. The number of fused-ring (bicyclic) bond motifs is 1. The molecule has 3 heterocycles. The van der Waals surface area contributed by atoms with Gasteiger partial charge in [0.05, 0.1) is 24.5 Å². The van der Waals surface area contributed by atoms with Gasteiger partial charge in [-0.3, -0.25) is 4.79 Å². The minimum Gasteiger partial charge on any atom is -0.397 e. The van der Waals surface area contributed by atoms with E-state index in [4.69, 9.17) is 5.73 Å². The SMILES string of the molecule is Cc1nnc2sc(C(=O)N3CC(F)(c4cccc(-c5ccccc5)c4)C3)c(N)c2c1C. The Hall–Kier alpha value is -3.32. The van der Waals surface area contributed by atoms with Gasteiger partial charge < -0.3 is 10.6 Å². The quantitative estimate of drug-likeness (QED) is 0.501. The van der Waals surface area contributed by atoms with E-state index in [2.05, 4.69) is 10.2 Å². The lowest BCUT2D eigenvalue weighted by Gasteiger charge is -2.44. The number of nitrogen functional groups attached to an aromatic ring is 1. The Morgan fingerprint density at radius 3 is 2.52 bits per heavy atom. The summed E-state index contributed by atoms with van der Waals surface area (Å²) in [6.07, 6.45) is 0. The van der Waals surface area contributed by atoms with Gasteiger partial charge in [0.2, 0.25) is 0 Å². The summed E-state index contributed by atoms with van der Waals surface area (Å²) in [5.74, 6) is -0.259. The molecule has 0 aliphatic carbocycles. The lowest BCUT2D eigenvalue weighted by molar-refractivity contribution is -0.0227. The number of carbonyl (C=O) groups is 1. The highest BCUT2D eigenvalue weighted by Gasteiger charge is 2.48. The van der Waals surface area contributed by atoms with Gasteiger partial charge in [0.25, 0.3) is 5.91 Å². The van der Waals surface area contributed by atoms with E-state index in [0.717, 1.165) is 27.8 Å². The first-order valence-corrected chi connectivity index (χ1v) is 10.8. The van der Waals surface area contributed by atoms with E-state index >= 15 is 4.39 Å². The number of nitrogens with zero attached hydrogens (tertiary/aromatic N) is 3. The fourth-order valence-electron chi connectivity index (χ4n) is 4.04. The zero-order valence-corrected chi connectivity index (χ0v) is 18.0. The number of halogens is 1. The van der Waals surface area contributed by atoms with Gasteiger partial charge in [-0.2, -0.15) is 5.10 Å². The summed E-state index contributed by atoms with van der Waals surface area (Å²) in [6, 6.07) is 17.3. The molecule has 2 N–H and O–H groups in total. The van der Waals surface area contributed by atoms with Crippen LogP contribution in [-0.4, -0.2) is 34.1 Å². The largest absolute Gasteiger partial charge is 0.397 e. The molecule has 2 aromatic heterocycles. The van der Waals surface area contributed by atoms with Crippen molar-refractivity contribution >= 4 is 33.1 Å². The van der Waals surface area contributed by atoms with Crippen molar-refractivity contribution < 1.29 is 9.18 Å². The van der Waals surface area contributed by atoms with E-state index < -0.39 is 5.67 Å². The Bertz CT molecular complexity index is 1310. The molecule has 156 valence electrons. The number of amides is 1. The second-order valence-corrected chi connectivity index (χ2v) is 9.01. The van der Waals surface area contributed by atoms with E-state index in [1.165, 1.54) is 16.2 Å². The van der Waals surface area contributed by atoms with E-state index in [1.54, 1.807) is 6.07 Å². The second-order valence-electron chi connectivity index (χ2n) is 8.01. The minimum absolute atomic E-state index is 0.00144. The number of likely N-dealkylation sites (tertiary alicyclic amines) is 1. The molecule has 1 amide bonds. The zero-order chi connectivity index (χ0) is 21.8. The number of thiophene rings is 1. The summed E-state index contributed by atoms with van der Waals surface area (Å²) >= 11 is 1.22. The summed E-state index contributed by atoms with van der Waals surface area (Å²) in [5.41, 5.74) is 9.39. The van der Waals surface area contributed by atoms with Crippen LogP contribution in [0.4, 0.5) is 10.1 Å². The summed E-state index contributed by atoms with van der Waals surface area (Å²) in [4.78, 5) is 15.6. The molecule has 1 saturated heterocycles. The van der Waals surface area contributed by atoms with Gasteiger partial charge in [0.15, 0.2) is 5.67 Å². The van der Waals surface area contributed by atoms with Crippen molar-refractivity contribution in [3.05, 3.63) is 76.3 Å². The van der Waals surface area contributed by atoms with Crippen LogP contribution in [0, 0.1) is 13.8 Å². The number of hydrogen-bond donors (Lipinski definition) is 1. The topological polar surface area (TPSA) is 72.1 Å². The molecule has 5 rings (SSSR count). The van der Waals surface area contributed by atoms with Gasteiger partial charge in [0.1, 0.15) is 9.71 Å². The van der Waals surface area contributed by atoms with Crippen molar-refractivity contribution in [2.75, 3.05) is 18.8 Å². The Balaban J connectivity index is 1.39. The molecule has 1 aliphatic heterocycles. The first kappa shape index (κ1) is 19.6. The first-order chi connectivity index (χ1) is 14.9. The molecule has 0 bridgehead atoms. The molecule has 1 aliphatic rings. The Kier molecular flexibility index (Phi) is 4.51. The molecule has 2 aromatic carbocycles. The van der Waals surface area contributed by atoms with E-state index in [-0.39, 0.29) is 19.0 Å². The molecular weight excluding hydrogens is 411 g/mol. The van der Waals surface area contributed by atoms with Crippen LogP contribution in [0.2, 0.25) is 0 Å². The lowest BCUT2D eigenvalue weighted by atomic mass is 9.86. The number of aromatic nitrogens is 2. The Morgan fingerprint density at radius 2 is 1.77 bits per heavy atom.